The Morgan fingerprint density at radius 2 is 2.08 bits per heavy atom. The van der Waals surface area contributed by atoms with Gasteiger partial charge in [0.15, 0.2) is 11.5 Å². The Hall–Kier alpha value is -2.22. The molecule has 0 atom stereocenters. The van der Waals surface area contributed by atoms with Crippen molar-refractivity contribution in [3.63, 3.8) is 0 Å². The van der Waals surface area contributed by atoms with Gasteiger partial charge in [-0.2, -0.15) is 0 Å². The fraction of sp³-hybridized carbons (Fsp3) is 0.444. The van der Waals surface area contributed by atoms with Crippen LogP contribution in [-0.2, 0) is 6.54 Å². The lowest BCUT2D eigenvalue weighted by molar-refractivity contribution is 0.231. The van der Waals surface area contributed by atoms with Crippen LogP contribution in [-0.4, -0.2) is 30.0 Å². The number of halogens is 1. The van der Waals surface area contributed by atoms with Crippen LogP contribution in [0.5, 0.6) is 17.4 Å². The van der Waals surface area contributed by atoms with Crippen molar-refractivity contribution in [1.82, 2.24) is 10.2 Å². The van der Waals surface area contributed by atoms with E-state index in [4.69, 9.17) is 14.2 Å². The van der Waals surface area contributed by atoms with Gasteiger partial charge in [0.05, 0.1) is 19.8 Å². The van der Waals surface area contributed by atoms with Crippen LogP contribution in [0.2, 0.25) is 0 Å². The summed E-state index contributed by atoms with van der Waals surface area (Å²) in [5, 5.41) is 9.60. The highest BCUT2D eigenvalue weighted by Gasteiger charge is 2.15. The van der Waals surface area contributed by atoms with Crippen molar-refractivity contribution in [2.45, 2.75) is 39.8 Å². The molecule has 0 aliphatic carbocycles. The molecule has 0 saturated carbocycles. The topological polar surface area (TPSA) is 85.5 Å². The largest absolute Gasteiger partial charge is 0.493 e. The van der Waals surface area contributed by atoms with E-state index in [9.17, 15) is 4.79 Å². The predicted octanol–water partition coefficient (Wildman–Crippen LogP) is 3.73. The first-order valence-corrected chi connectivity index (χ1v) is 9.24. The third-order valence-corrected chi connectivity index (χ3v) is 4.15. The monoisotopic (exact) mass is 425 g/mol. The van der Waals surface area contributed by atoms with Gasteiger partial charge >= 0.3 is 0 Å². The molecule has 1 aromatic carbocycles. The summed E-state index contributed by atoms with van der Waals surface area (Å²) < 4.78 is 17.1. The number of methoxy groups -OCH3 is 1. The van der Waals surface area contributed by atoms with Crippen LogP contribution in [0.1, 0.15) is 32.8 Å². The molecule has 0 fully saturated rings. The van der Waals surface area contributed by atoms with Crippen molar-refractivity contribution < 1.29 is 14.2 Å². The molecule has 8 heteroatoms. The molecule has 142 valence electrons. The molecule has 2 aromatic rings. The van der Waals surface area contributed by atoms with Gasteiger partial charge in [0.25, 0.3) is 11.4 Å². The molecule has 1 aromatic heterocycles. The van der Waals surface area contributed by atoms with Gasteiger partial charge in [-0.3, -0.25) is 4.79 Å². The number of anilines is 1. The number of hydrogen-bond donors (Lipinski definition) is 2. The summed E-state index contributed by atoms with van der Waals surface area (Å²) in [6.45, 7) is 6.91. The van der Waals surface area contributed by atoms with E-state index in [0.29, 0.717) is 40.7 Å². The van der Waals surface area contributed by atoms with Gasteiger partial charge < -0.3 is 19.5 Å². The molecule has 0 spiro atoms. The lowest BCUT2D eigenvalue weighted by atomic mass is 10.2. The summed E-state index contributed by atoms with van der Waals surface area (Å²) in [6, 6.07) is 5.71. The van der Waals surface area contributed by atoms with Crippen LogP contribution in [0.3, 0.4) is 0 Å². The van der Waals surface area contributed by atoms with Crippen molar-refractivity contribution >= 4 is 21.6 Å². The molecule has 1 heterocycles. The van der Waals surface area contributed by atoms with Gasteiger partial charge in [0.1, 0.15) is 10.2 Å². The summed E-state index contributed by atoms with van der Waals surface area (Å²) in [5.41, 5.74) is 1.15. The molecule has 7 nitrogen and oxygen atoms in total. The van der Waals surface area contributed by atoms with Crippen molar-refractivity contribution in [3.8, 4) is 17.4 Å². The molecule has 26 heavy (non-hydrogen) atoms. The van der Waals surface area contributed by atoms with E-state index >= 15 is 0 Å². The van der Waals surface area contributed by atoms with Gasteiger partial charge in [0.2, 0.25) is 0 Å². The fourth-order valence-corrected chi connectivity index (χ4v) is 2.62. The van der Waals surface area contributed by atoms with Crippen molar-refractivity contribution in [2.75, 3.05) is 19.0 Å². The minimum Gasteiger partial charge on any atom is -0.493 e. The minimum atomic E-state index is -0.328. The summed E-state index contributed by atoms with van der Waals surface area (Å²) in [6.07, 6.45) is 0.836. The van der Waals surface area contributed by atoms with Crippen LogP contribution >= 0.6 is 15.9 Å². The van der Waals surface area contributed by atoms with E-state index < -0.39 is 0 Å². The maximum atomic E-state index is 11.8. The first-order valence-electron chi connectivity index (χ1n) is 8.44. The summed E-state index contributed by atoms with van der Waals surface area (Å²) in [5.74, 6) is 1.71. The minimum absolute atomic E-state index is 0.0733. The van der Waals surface area contributed by atoms with Gasteiger partial charge in [-0.15, -0.1) is 5.10 Å². The average molecular weight is 426 g/mol. The van der Waals surface area contributed by atoms with E-state index in [2.05, 4.69) is 31.4 Å². The second kappa shape index (κ2) is 9.47. The highest BCUT2D eigenvalue weighted by Crippen LogP contribution is 2.31. The normalized spacial score (nSPS) is 10.7. The van der Waals surface area contributed by atoms with Crippen LogP contribution in [0.4, 0.5) is 5.69 Å². The zero-order chi connectivity index (χ0) is 19.1. The average Bonchev–Trinajstić information content (AvgIpc) is 2.62. The number of H-pyrrole nitrogens is 1. The third kappa shape index (κ3) is 5.14. The second-order valence-electron chi connectivity index (χ2n) is 5.90. The Kier molecular flexibility index (Phi) is 7.32. The third-order valence-electron chi connectivity index (χ3n) is 3.40. The molecule has 0 unspecified atom stereocenters. The standard InChI is InChI=1S/C18H24BrN3O4/c1-5-8-25-14-9-12(6-7-13(14)24-4)10-20-16-15(19)17(23)21-22-18(16)26-11(2)3/h6-7,9,11H,5,8,10H2,1-4H3,(H2,20,21,23). The second-order valence-corrected chi connectivity index (χ2v) is 6.69. The molecule has 0 radical (unpaired) electrons. The van der Waals surface area contributed by atoms with E-state index in [1.807, 2.05) is 39.0 Å². The molecule has 2 rings (SSSR count). The first-order chi connectivity index (χ1) is 12.5. The smallest absolute Gasteiger partial charge is 0.280 e. The summed E-state index contributed by atoms with van der Waals surface area (Å²) >= 11 is 3.30. The Bertz CT molecular complexity index is 792. The zero-order valence-corrected chi connectivity index (χ0v) is 17.0. The van der Waals surface area contributed by atoms with Crippen molar-refractivity contribution in [3.05, 3.63) is 38.6 Å². The van der Waals surface area contributed by atoms with Gasteiger partial charge in [-0.05, 0) is 53.9 Å². The van der Waals surface area contributed by atoms with Gasteiger partial charge in [-0.1, -0.05) is 13.0 Å². The number of nitrogens with zero attached hydrogens (tertiary/aromatic N) is 1. The number of nitrogens with one attached hydrogen (secondary N) is 2. The molecular formula is C18H24BrN3O4. The molecule has 0 amide bonds. The first kappa shape index (κ1) is 20.1. The van der Waals surface area contributed by atoms with E-state index in [1.54, 1.807) is 7.11 Å². The van der Waals surface area contributed by atoms with Crippen LogP contribution in [0.15, 0.2) is 27.5 Å². The van der Waals surface area contributed by atoms with Crippen LogP contribution in [0.25, 0.3) is 0 Å². The van der Waals surface area contributed by atoms with E-state index in [0.717, 1.165) is 12.0 Å². The fourth-order valence-electron chi connectivity index (χ4n) is 2.22. The maximum Gasteiger partial charge on any atom is 0.280 e. The van der Waals surface area contributed by atoms with Gasteiger partial charge in [-0.25, -0.2) is 5.10 Å². The lowest BCUT2D eigenvalue weighted by Gasteiger charge is -2.16. The number of ether oxygens (including phenoxy) is 3. The Labute approximate surface area is 161 Å². The molecule has 0 aliphatic heterocycles. The number of aromatic amines is 1. The molecule has 2 N–H and O–H groups in total. The SMILES string of the molecule is CCCOc1cc(CNc2c(OC(C)C)n[nH]c(=O)c2Br)ccc1OC. The zero-order valence-electron chi connectivity index (χ0n) is 15.4. The summed E-state index contributed by atoms with van der Waals surface area (Å²) in [7, 11) is 1.61. The van der Waals surface area contributed by atoms with E-state index in [-0.39, 0.29) is 11.7 Å². The number of aromatic nitrogens is 2. The Morgan fingerprint density at radius 1 is 1.31 bits per heavy atom. The van der Waals surface area contributed by atoms with E-state index in [1.165, 1.54) is 0 Å². The van der Waals surface area contributed by atoms with Gasteiger partial charge in [0, 0.05) is 6.54 Å². The molecule has 0 bridgehead atoms. The lowest BCUT2D eigenvalue weighted by Crippen LogP contribution is -2.17. The molecular weight excluding hydrogens is 402 g/mol. The predicted molar refractivity (Wildman–Crippen MR) is 104 cm³/mol. The summed E-state index contributed by atoms with van der Waals surface area (Å²) in [4.78, 5) is 11.8. The number of benzene rings is 1. The number of rotatable bonds is 9. The van der Waals surface area contributed by atoms with Crippen LogP contribution in [0, 0.1) is 0 Å². The van der Waals surface area contributed by atoms with Crippen LogP contribution < -0.4 is 25.1 Å². The quantitative estimate of drug-likeness (QED) is 0.636. The Balaban J connectivity index is 2.23. The highest BCUT2D eigenvalue weighted by atomic mass is 79.9. The number of hydrogen-bond acceptors (Lipinski definition) is 6. The maximum absolute atomic E-state index is 11.8. The van der Waals surface area contributed by atoms with Crippen molar-refractivity contribution in [1.29, 1.82) is 0 Å². The molecule has 0 aliphatic rings. The highest BCUT2D eigenvalue weighted by molar-refractivity contribution is 9.10. The molecule has 0 saturated heterocycles. The Morgan fingerprint density at radius 3 is 2.73 bits per heavy atom. The van der Waals surface area contributed by atoms with Crippen molar-refractivity contribution in [2.24, 2.45) is 0 Å².